The number of hydrogen-bond acceptors (Lipinski definition) is 2. The molecule has 1 radical (unpaired) electrons. The molecule has 0 aliphatic heterocycles. The topological polar surface area (TPSA) is 29.5 Å². The fourth-order valence-corrected chi connectivity index (χ4v) is 0.0430. The van der Waals surface area contributed by atoms with Crippen molar-refractivity contribution in [3.05, 3.63) is 12.8 Å². The van der Waals surface area contributed by atoms with E-state index >= 15 is 0 Å². The molecular weight excluding hydrogens is 66.8 g/mol. The third-order valence-corrected chi connectivity index (χ3v) is 0.157. The molecule has 2 nitrogen and oxygen atoms in total. The van der Waals surface area contributed by atoms with Gasteiger partial charge >= 0.3 is 7.69 Å². The van der Waals surface area contributed by atoms with Crippen LogP contribution in [0.2, 0.25) is 0 Å². The van der Waals surface area contributed by atoms with E-state index in [1.54, 1.807) is 0 Å². The summed E-state index contributed by atoms with van der Waals surface area (Å²) in [5.41, 5.74) is 0. The van der Waals surface area contributed by atoms with E-state index in [2.05, 4.69) is 11.2 Å². The Hall–Kier alpha value is -0.435. The Kier molecular flexibility index (Phi) is 3.25. The Balaban J connectivity index is 2.40. The van der Waals surface area contributed by atoms with E-state index < -0.39 is 0 Å². The quantitative estimate of drug-likeness (QED) is 0.356. The monoisotopic (exact) mass is 71.0 g/mol. The van der Waals surface area contributed by atoms with Crippen LogP contribution in [0, 0.1) is 0 Å². The summed E-state index contributed by atoms with van der Waals surface area (Å²) in [6, 6.07) is 0. The van der Waals surface area contributed by atoms with Crippen LogP contribution in [-0.4, -0.2) is 12.7 Å². The summed E-state index contributed by atoms with van der Waals surface area (Å²) < 4.78 is 4.03. The molecular formula is C2H4BO2. The molecule has 0 saturated carbocycles. The summed E-state index contributed by atoms with van der Waals surface area (Å²) >= 11 is 0. The molecule has 0 aromatic rings. The van der Waals surface area contributed by atoms with Crippen LogP contribution in [0.5, 0.6) is 0 Å². The molecule has 1 N–H and O–H groups in total. The Morgan fingerprint density at radius 2 is 2.60 bits per heavy atom. The Labute approximate surface area is 31.4 Å². The molecule has 5 heavy (non-hydrogen) atoms. The van der Waals surface area contributed by atoms with E-state index in [-0.39, 0.29) is 0 Å². The molecule has 0 aromatic carbocycles. The Bertz CT molecular complexity index is 28.8. The van der Waals surface area contributed by atoms with Gasteiger partial charge in [0, 0.05) is 0 Å². The van der Waals surface area contributed by atoms with E-state index in [4.69, 9.17) is 5.02 Å². The van der Waals surface area contributed by atoms with Gasteiger partial charge in [-0.05, 0) is 0 Å². The van der Waals surface area contributed by atoms with Gasteiger partial charge in [-0.15, -0.1) is 0 Å². The van der Waals surface area contributed by atoms with Crippen molar-refractivity contribution < 1.29 is 9.68 Å². The van der Waals surface area contributed by atoms with E-state index in [9.17, 15) is 0 Å². The molecule has 0 aromatic heterocycles. The molecule has 0 spiro atoms. The molecule has 0 aliphatic carbocycles. The highest BCUT2D eigenvalue weighted by Gasteiger charge is 1.70. The normalized spacial score (nSPS) is 5.80. The van der Waals surface area contributed by atoms with Gasteiger partial charge in [0.05, 0.1) is 6.26 Å². The first-order valence-electron chi connectivity index (χ1n) is 1.14. The van der Waals surface area contributed by atoms with Gasteiger partial charge in [-0.3, -0.25) is 0 Å². The Morgan fingerprint density at radius 1 is 2.00 bits per heavy atom. The first-order chi connectivity index (χ1) is 2.41. The molecule has 0 fully saturated rings. The summed E-state index contributed by atoms with van der Waals surface area (Å²) in [6.07, 6.45) is 1.12. The smallest absolute Gasteiger partial charge is 0.544 e. The minimum atomic E-state index is 0.562. The minimum Gasteiger partial charge on any atom is -0.544 e. The molecule has 0 bridgehead atoms. The lowest BCUT2D eigenvalue weighted by Crippen LogP contribution is -1.85. The van der Waals surface area contributed by atoms with Crippen LogP contribution in [-0.2, 0) is 4.65 Å². The summed E-state index contributed by atoms with van der Waals surface area (Å²) in [6.45, 7) is 3.14. The van der Waals surface area contributed by atoms with Crippen LogP contribution < -0.4 is 0 Å². The summed E-state index contributed by atoms with van der Waals surface area (Å²) in [4.78, 5) is 0. The zero-order valence-corrected chi connectivity index (χ0v) is 2.72. The van der Waals surface area contributed by atoms with Crippen LogP contribution in [0.4, 0.5) is 0 Å². The molecule has 27 valence electrons. The van der Waals surface area contributed by atoms with Gasteiger partial charge in [0.15, 0.2) is 0 Å². The molecule has 0 aliphatic rings. The molecule has 3 heteroatoms. The van der Waals surface area contributed by atoms with Gasteiger partial charge in [-0.25, -0.2) is 0 Å². The predicted octanol–water partition coefficient (Wildman–Crippen LogP) is -0.327. The average Bonchev–Trinajstić information content (AvgIpc) is 1.41. The van der Waals surface area contributed by atoms with Crippen LogP contribution >= 0.6 is 0 Å². The van der Waals surface area contributed by atoms with Gasteiger partial charge in [-0.1, -0.05) is 6.58 Å². The second-order valence-corrected chi connectivity index (χ2v) is 0.408. The van der Waals surface area contributed by atoms with Crippen LogP contribution in [0.1, 0.15) is 0 Å². The zero-order valence-electron chi connectivity index (χ0n) is 2.72. The van der Waals surface area contributed by atoms with Gasteiger partial charge < -0.3 is 9.68 Å². The largest absolute Gasteiger partial charge is 0.568 e. The van der Waals surface area contributed by atoms with Crippen molar-refractivity contribution in [3.63, 3.8) is 0 Å². The number of hydrogen-bond donors (Lipinski definition) is 1. The highest BCUT2D eigenvalue weighted by atomic mass is 16.5. The molecule has 0 saturated heterocycles. The summed E-state index contributed by atoms with van der Waals surface area (Å²) in [5.74, 6) is 0. The fourth-order valence-electron chi connectivity index (χ4n) is 0.0430. The first-order valence-corrected chi connectivity index (χ1v) is 1.14. The molecule has 0 atom stereocenters. The average molecular weight is 70.9 g/mol. The second-order valence-electron chi connectivity index (χ2n) is 0.408. The maximum atomic E-state index is 7.65. The zero-order chi connectivity index (χ0) is 4.12. The van der Waals surface area contributed by atoms with Crippen LogP contribution in [0.15, 0.2) is 12.8 Å². The Morgan fingerprint density at radius 3 is 2.60 bits per heavy atom. The van der Waals surface area contributed by atoms with Crippen molar-refractivity contribution in [3.8, 4) is 0 Å². The third-order valence-electron chi connectivity index (χ3n) is 0.157. The molecule has 0 rings (SSSR count). The summed E-state index contributed by atoms with van der Waals surface area (Å²) in [5, 5.41) is 7.65. The van der Waals surface area contributed by atoms with Crippen molar-refractivity contribution in [2.24, 2.45) is 0 Å². The van der Waals surface area contributed by atoms with Crippen molar-refractivity contribution in [1.82, 2.24) is 0 Å². The lowest BCUT2D eigenvalue weighted by molar-refractivity contribution is 0.407. The SMILES string of the molecule is C=CO[B]O. The number of rotatable bonds is 2. The molecule has 0 amide bonds. The van der Waals surface area contributed by atoms with Crippen molar-refractivity contribution >= 4 is 7.69 Å². The fraction of sp³-hybridized carbons (Fsp3) is 0. The molecule has 0 unspecified atom stereocenters. The lowest BCUT2D eigenvalue weighted by atomic mass is 10.4. The minimum absolute atomic E-state index is 0.562. The van der Waals surface area contributed by atoms with E-state index in [1.807, 2.05) is 0 Å². The third kappa shape index (κ3) is 3.56. The van der Waals surface area contributed by atoms with E-state index in [0.29, 0.717) is 7.69 Å². The van der Waals surface area contributed by atoms with Gasteiger partial charge in [0.1, 0.15) is 0 Å². The standard InChI is InChI=1S/C2H4BO2/c1-2-5-3-4/h2,4H,1H2. The van der Waals surface area contributed by atoms with Crippen LogP contribution in [0.25, 0.3) is 0 Å². The van der Waals surface area contributed by atoms with Crippen molar-refractivity contribution in [1.29, 1.82) is 0 Å². The van der Waals surface area contributed by atoms with Gasteiger partial charge in [0.25, 0.3) is 0 Å². The summed E-state index contributed by atoms with van der Waals surface area (Å²) in [7, 11) is 0.562. The van der Waals surface area contributed by atoms with Crippen molar-refractivity contribution in [2.45, 2.75) is 0 Å². The van der Waals surface area contributed by atoms with E-state index in [0.717, 1.165) is 6.26 Å². The van der Waals surface area contributed by atoms with Gasteiger partial charge in [-0.2, -0.15) is 0 Å². The highest BCUT2D eigenvalue weighted by Crippen LogP contribution is 1.58. The highest BCUT2D eigenvalue weighted by molar-refractivity contribution is 6.16. The van der Waals surface area contributed by atoms with Crippen LogP contribution in [0.3, 0.4) is 0 Å². The maximum Gasteiger partial charge on any atom is 0.568 e. The first kappa shape index (κ1) is 4.56. The second kappa shape index (κ2) is 3.56. The van der Waals surface area contributed by atoms with Gasteiger partial charge in [0.2, 0.25) is 0 Å². The molecule has 0 heterocycles. The van der Waals surface area contributed by atoms with Crippen molar-refractivity contribution in [2.75, 3.05) is 0 Å². The lowest BCUT2D eigenvalue weighted by Gasteiger charge is -1.79. The maximum absolute atomic E-state index is 7.65. The van der Waals surface area contributed by atoms with E-state index in [1.165, 1.54) is 0 Å². The predicted molar refractivity (Wildman–Crippen MR) is 19.3 cm³/mol.